The average Bonchev–Trinajstić information content (AvgIpc) is 2.75. The average molecular weight is 391 g/mol. The van der Waals surface area contributed by atoms with Crippen LogP contribution in [0.25, 0.3) is 0 Å². The van der Waals surface area contributed by atoms with Gasteiger partial charge in [-0.15, -0.1) is 0 Å². The lowest BCUT2D eigenvalue weighted by molar-refractivity contribution is -0.181. The maximum absolute atomic E-state index is 15.7. The number of rotatable bonds is 5. The summed E-state index contributed by atoms with van der Waals surface area (Å²) in [7, 11) is 1.65. The number of fused-ring (bicyclic) bond motifs is 5. The maximum atomic E-state index is 15.7. The molecule has 0 spiro atoms. The van der Waals surface area contributed by atoms with Crippen LogP contribution in [0.15, 0.2) is 11.9 Å². The van der Waals surface area contributed by atoms with Crippen LogP contribution in [0, 0.1) is 28.1 Å². The highest BCUT2D eigenvalue weighted by atomic mass is 19.1. The van der Waals surface area contributed by atoms with E-state index in [0.29, 0.717) is 5.41 Å². The normalized spacial score (nSPS) is 50.6. The first-order chi connectivity index (χ1) is 13.5. The molecule has 5 fully saturated rings. The maximum Gasteiger partial charge on any atom is 0.147 e. The molecule has 7 aliphatic rings. The molecule has 0 aromatic carbocycles. The Balaban J connectivity index is 1.34. The molecule has 158 valence electrons. The zero-order valence-electron chi connectivity index (χ0n) is 18.0. The van der Waals surface area contributed by atoms with Gasteiger partial charge in [0.1, 0.15) is 12.6 Å². The van der Waals surface area contributed by atoms with Crippen molar-refractivity contribution in [2.45, 2.75) is 102 Å². The summed E-state index contributed by atoms with van der Waals surface area (Å²) in [6, 6.07) is 0. The Morgan fingerprint density at radius 2 is 1.50 bits per heavy atom. The molecule has 4 bridgehead atoms. The van der Waals surface area contributed by atoms with Gasteiger partial charge in [-0.05, 0) is 106 Å². The smallest absolute Gasteiger partial charge is 0.147 e. The van der Waals surface area contributed by atoms with Crippen LogP contribution in [0.4, 0.5) is 4.39 Å². The van der Waals surface area contributed by atoms with Crippen LogP contribution in [0.5, 0.6) is 0 Å². The highest BCUT2D eigenvalue weighted by molar-refractivity contribution is 5.29. The first kappa shape index (κ1) is 19.5. The summed E-state index contributed by atoms with van der Waals surface area (Å²) in [5.41, 5.74) is 0.252. The Morgan fingerprint density at radius 1 is 0.893 bits per heavy atom. The molecule has 3 heteroatoms. The van der Waals surface area contributed by atoms with E-state index >= 15 is 4.39 Å². The first-order valence-electron chi connectivity index (χ1n) is 12.0. The molecule has 2 nitrogen and oxygen atoms in total. The highest BCUT2D eigenvalue weighted by Gasteiger charge is 2.64. The van der Waals surface area contributed by atoms with E-state index in [1.54, 1.807) is 7.11 Å². The number of allylic oxidation sites excluding steroid dienone is 1. The third kappa shape index (κ3) is 2.71. The van der Waals surface area contributed by atoms with Gasteiger partial charge in [0.05, 0.1) is 5.60 Å². The highest BCUT2D eigenvalue weighted by Crippen LogP contribution is 2.73. The third-order valence-corrected chi connectivity index (χ3v) is 10.5. The molecule has 0 aromatic rings. The van der Waals surface area contributed by atoms with Crippen molar-refractivity contribution in [3.05, 3.63) is 11.9 Å². The molecule has 0 radical (unpaired) electrons. The van der Waals surface area contributed by atoms with Gasteiger partial charge in [-0.1, -0.05) is 19.8 Å². The molecule has 0 unspecified atom stereocenters. The summed E-state index contributed by atoms with van der Waals surface area (Å²) in [5, 5.41) is 0. The summed E-state index contributed by atoms with van der Waals surface area (Å²) >= 11 is 0. The van der Waals surface area contributed by atoms with Gasteiger partial charge in [-0.3, -0.25) is 0 Å². The number of ether oxygens (including phenoxy) is 2. The quantitative estimate of drug-likeness (QED) is 0.473. The molecule has 0 saturated heterocycles. The van der Waals surface area contributed by atoms with E-state index in [1.807, 2.05) is 6.08 Å². The van der Waals surface area contributed by atoms with Crippen LogP contribution < -0.4 is 0 Å². The van der Waals surface area contributed by atoms with Crippen LogP contribution in [0.1, 0.15) is 96.8 Å². The number of halogens is 1. The summed E-state index contributed by atoms with van der Waals surface area (Å²) in [4.78, 5) is 0. The standard InChI is InChI=1S/C25H39FO2/c1-19-3-5-20(6-4-19)22-7-10-23(11-8-22,12-9-22)25-15-13-24(14-16-25,17-21(25)26)28-18-27-2/h17,19-20H,3-16,18H2,1-2H3. The number of methoxy groups -OCH3 is 1. The van der Waals surface area contributed by atoms with Gasteiger partial charge in [-0.25, -0.2) is 4.39 Å². The van der Waals surface area contributed by atoms with E-state index in [2.05, 4.69) is 6.92 Å². The van der Waals surface area contributed by atoms with Crippen molar-refractivity contribution in [3.63, 3.8) is 0 Å². The Morgan fingerprint density at radius 3 is 2.04 bits per heavy atom. The number of hydrogen-bond acceptors (Lipinski definition) is 2. The Kier molecular flexibility index (Phi) is 4.75. The van der Waals surface area contributed by atoms with E-state index < -0.39 is 5.60 Å². The fourth-order valence-corrected chi connectivity index (χ4v) is 8.42. The van der Waals surface area contributed by atoms with Gasteiger partial charge < -0.3 is 9.47 Å². The number of hydrogen-bond donors (Lipinski definition) is 0. The lowest BCUT2D eigenvalue weighted by Gasteiger charge is -2.66. The summed E-state index contributed by atoms with van der Waals surface area (Å²) < 4.78 is 26.7. The van der Waals surface area contributed by atoms with Crippen LogP contribution in [0.2, 0.25) is 0 Å². The molecule has 0 N–H and O–H groups in total. The second kappa shape index (κ2) is 6.80. The SMILES string of the molecule is COCOC12C=C(F)C(C34CCC(C5CCC(C)CC5)(CC3)CC4)(CC1)CC2. The molecule has 5 saturated carbocycles. The van der Waals surface area contributed by atoms with Gasteiger partial charge in [0.15, 0.2) is 0 Å². The molecule has 28 heavy (non-hydrogen) atoms. The second-order valence-corrected chi connectivity index (χ2v) is 11.3. The summed E-state index contributed by atoms with van der Waals surface area (Å²) in [5.74, 6) is 2.05. The van der Waals surface area contributed by atoms with Gasteiger partial charge in [0.25, 0.3) is 0 Å². The van der Waals surface area contributed by atoms with Crippen molar-refractivity contribution in [3.8, 4) is 0 Å². The zero-order chi connectivity index (χ0) is 19.5. The molecule has 0 amide bonds. The van der Waals surface area contributed by atoms with Crippen molar-refractivity contribution >= 4 is 0 Å². The van der Waals surface area contributed by atoms with Gasteiger partial charge in [0, 0.05) is 12.5 Å². The van der Waals surface area contributed by atoms with E-state index in [-0.39, 0.29) is 23.4 Å². The Labute approximate surface area is 170 Å². The predicted molar refractivity (Wildman–Crippen MR) is 109 cm³/mol. The summed E-state index contributed by atoms with van der Waals surface area (Å²) in [6.07, 6.45) is 19.4. The summed E-state index contributed by atoms with van der Waals surface area (Å²) in [6.45, 7) is 2.70. The Hall–Kier alpha value is -0.410. The zero-order valence-corrected chi connectivity index (χ0v) is 18.0. The van der Waals surface area contributed by atoms with E-state index in [9.17, 15) is 0 Å². The fourth-order valence-electron chi connectivity index (χ4n) is 8.42. The molecule has 0 aliphatic heterocycles. The first-order valence-corrected chi connectivity index (χ1v) is 12.0. The van der Waals surface area contributed by atoms with Gasteiger partial charge in [0.2, 0.25) is 0 Å². The van der Waals surface area contributed by atoms with Crippen LogP contribution in [-0.2, 0) is 9.47 Å². The predicted octanol–water partition coefficient (Wildman–Crippen LogP) is 6.94. The van der Waals surface area contributed by atoms with Crippen LogP contribution in [-0.4, -0.2) is 19.5 Å². The van der Waals surface area contributed by atoms with E-state index in [4.69, 9.17) is 9.47 Å². The molecule has 0 atom stereocenters. The van der Waals surface area contributed by atoms with E-state index in [0.717, 1.165) is 37.5 Å². The molecule has 7 aliphatic carbocycles. The lowest BCUT2D eigenvalue weighted by Crippen LogP contribution is -2.58. The minimum Gasteiger partial charge on any atom is -0.359 e. The largest absolute Gasteiger partial charge is 0.359 e. The molecule has 0 heterocycles. The topological polar surface area (TPSA) is 18.5 Å². The van der Waals surface area contributed by atoms with Crippen LogP contribution in [0.3, 0.4) is 0 Å². The van der Waals surface area contributed by atoms with Crippen molar-refractivity contribution in [2.24, 2.45) is 28.1 Å². The van der Waals surface area contributed by atoms with Crippen molar-refractivity contribution in [1.82, 2.24) is 0 Å². The Bertz CT molecular complexity index is 598. The molecular weight excluding hydrogens is 351 g/mol. The van der Waals surface area contributed by atoms with Crippen molar-refractivity contribution < 1.29 is 13.9 Å². The molecule has 7 rings (SSSR count). The third-order valence-electron chi connectivity index (χ3n) is 10.5. The van der Waals surface area contributed by atoms with Crippen LogP contribution >= 0.6 is 0 Å². The van der Waals surface area contributed by atoms with Crippen molar-refractivity contribution in [1.29, 1.82) is 0 Å². The lowest BCUT2D eigenvalue weighted by atomic mass is 9.39. The minimum absolute atomic E-state index is 0.169. The molecular formula is C25H39FO2. The van der Waals surface area contributed by atoms with Gasteiger partial charge >= 0.3 is 0 Å². The fraction of sp³-hybridized carbons (Fsp3) is 0.920. The van der Waals surface area contributed by atoms with Crippen molar-refractivity contribution in [2.75, 3.05) is 13.9 Å². The van der Waals surface area contributed by atoms with E-state index in [1.165, 1.54) is 64.2 Å². The minimum atomic E-state index is -0.398. The van der Waals surface area contributed by atoms with Gasteiger partial charge in [-0.2, -0.15) is 0 Å². The monoisotopic (exact) mass is 390 g/mol. The molecule has 0 aromatic heterocycles. The second-order valence-electron chi connectivity index (χ2n) is 11.3.